The van der Waals surface area contributed by atoms with E-state index < -0.39 is 24.1 Å². The number of halogens is 3. The Morgan fingerprint density at radius 3 is 2.30 bits per heavy atom. The lowest BCUT2D eigenvalue weighted by Gasteiger charge is -2.34. The van der Waals surface area contributed by atoms with E-state index in [1.54, 1.807) is 20.9 Å². The zero-order chi connectivity index (χ0) is 16.0. The Morgan fingerprint density at radius 2 is 1.90 bits per heavy atom. The monoisotopic (exact) mass is 298 g/mol. The number of esters is 1. The number of likely N-dealkylation sites (N-methyl/N-ethyl adjacent to an activating group) is 1. The third kappa shape index (κ3) is 7.69. The Hall–Kier alpha value is -0.820. The van der Waals surface area contributed by atoms with Crippen molar-refractivity contribution in [3.05, 3.63) is 0 Å². The predicted molar refractivity (Wildman–Crippen MR) is 71.5 cm³/mol. The van der Waals surface area contributed by atoms with Crippen LogP contribution in [0.15, 0.2) is 0 Å². The number of nitrogens with zero attached hydrogens (tertiary/aromatic N) is 1. The lowest BCUT2D eigenvalue weighted by molar-refractivity contribution is -0.152. The zero-order valence-electron chi connectivity index (χ0n) is 12.8. The topological polar surface area (TPSA) is 41.6 Å². The summed E-state index contributed by atoms with van der Waals surface area (Å²) >= 11 is 0. The minimum atomic E-state index is -4.19. The van der Waals surface area contributed by atoms with Gasteiger partial charge in [0.25, 0.3) is 0 Å². The van der Waals surface area contributed by atoms with Gasteiger partial charge in [0.2, 0.25) is 0 Å². The van der Waals surface area contributed by atoms with E-state index in [-0.39, 0.29) is 25.7 Å². The van der Waals surface area contributed by atoms with Crippen molar-refractivity contribution in [3.8, 4) is 0 Å². The standard InChI is InChI=1S/C13H25F3N2O2/c1-6-20-11(19)12(4,17-10(2)3)9-18(5)8-7-13(14,15)16/h10,17H,6-9H2,1-5H3. The second-order valence-corrected chi connectivity index (χ2v) is 5.45. The van der Waals surface area contributed by atoms with Gasteiger partial charge in [-0.2, -0.15) is 13.2 Å². The number of ether oxygens (including phenoxy) is 1. The van der Waals surface area contributed by atoms with Gasteiger partial charge in [-0.25, -0.2) is 0 Å². The molecule has 20 heavy (non-hydrogen) atoms. The molecule has 0 aromatic carbocycles. The molecule has 0 rings (SSSR count). The molecule has 4 nitrogen and oxygen atoms in total. The first kappa shape index (κ1) is 19.2. The van der Waals surface area contributed by atoms with Gasteiger partial charge < -0.3 is 9.64 Å². The quantitative estimate of drug-likeness (QED) is 0.698. The molecule has 0 aromatic rings. The van der Waals surface area contributed by atoms with E-state index in [0.29, 0.717) is 0 Å². The number of carbonyl (C=O) groups excluding carboxylic acids is 1. The van der Waals surface area contributed by atoms with E-state index in [1.807, 2.05) is 13.8 Å². The highest BCUT2D eigenvalue weighted by molar-refractivity contribution is 5.80. The van der Waals surface area contributed by atoms with Gasteiger partial charge in [-0.05, 0) is 34.7 Å². The average molecular weight is 298 g/mol. The van der Waals surface area contributed by atoms with Crippen molar-refractivity contribution in [2.75, 3.05) is 26.7 Å². The smallest absolute Gasteiger partial charge is 0.390 e. The number of hydrogen-bond acceptors (Lipinski definition) is 4. The molecule has 0 heterocycles. The van der Waals surface area contributed by atoms with Crippen LogP contribution in [0.2, 0.25) is 0 Å². The first-order valence-electron chi connectivity index (χ1n) is 6.70. The largest absolute Gasteiger partial charge is 0.465 e. The number of hydrogen-bond donors (Lipinski definition) is 1. The lowest BCUT2D eigenvalue weighted by Crippen LogP contribution is -2.59. The Bertz CT molecular complexity index is 308. The van der Waals surface area contributed by atoms with Gasteiger partial charge in [0.1, 0.15) is 5.54 Å². The molecule has 1 atom stereocenters. The van der Waals surface area contributed by atoms with Gasteiger partial charge in [0.05, 0.1) is 13.0 Å². The van der Waals surface area contributed by atoms with Crippen LogP contribution < -0.4 is 5.32 Å². The van der Waals surface area contributed by atoms with Gasteiger partial charge in [-0.3, -0.25) is 10.1 Å². The normalized spacial score (nSPS) is 15.5. The molecule has 1 N–H and O–H groups in total. The van der Waals surface area contributed by atoms with Crippen molar-refractivity contribution >= 4 is 5.97 Å². The highest BCUT2D eigenvalue weighted by Crippen LogP contribution is 2.20. The van der Waals surface area contributed by atoms with Crippen molar-refractivity contribution in [2.45, 2.75) is 51.9 Å². The summed E-state index contributed by atoms with van der Waals surface area (Å²) in [5, 5.41) is 3.07. The molecule has 0 aliphatic rings. The van der Waals surface area contributed by atoms with Gasteiger partial charge in [-0.15, -0.1) is 0 Å². The third-order valence-corrected chi connectivity index (χ3v) is 2.70. The van der Waals surface area contributed by atoms with Crippen LogP contribution in [0.4, 0.5) is 13.2 Å². The Morgan fingerprint density at radius 1 is 1.35 bits per heavy atom. The molecule has 7 heteroatoms. The molecule has 0 amide bonds. The summed E-state index contributed by atoms with van der Waals surface area (Å²) in [4.78, 5) is 13.5. The number of carbonyl (C=O) groups is 1. The Labute approximate surface area is 118 Å². The van der Waals surface area contributed by atoms with Crippen molar-refractivity contribution in [1.82, 2.24) is 10.2 Å². The molecule has 0 aromatic heterocycles. The van der Waals surface area contributed by atoms with Gasteiger partial charge >= 0.3 is 12.1 Å². The summed E-state index contributed by atoms with van der Waals surface area (Å²) in [5.41, 5.74) is -1.02. The fraction of sp³-hybridized carbons (Fsp3) is 0.923. The molecule has 0 aliphatic carbocycles. The third-order valence-electron chi connectivity index (χ3n) is 2.70. The predicted octanol–water partition coefficient (Wildman–Crippen LogP) is 2.19. The molecule has 0 saturated heterocycles. The lowest BCUT2D eigenvalue weighted by atomic mass is 10.0. The van der Waals surface area contributed by atoms with Crippen LogP contribution in [0.3, 0.4) is 0 Å². The second kappa shape index (κ2) is 7.83. The molecule has 0 fully saturated rings. The molecule has 0 saturated carbocycles. The van der Waals surface area contributed by atoms with Crippen molar-refractivity contribution in [1.29, 1.82) is 0 Å². The van der Waals surface area contributed by atoms with Crippen molar-refractivity contribution < 1.29 is 22.7 Å². The zero-order valence-corrected chi connectivity index (χ0v) is 12.8. The molecule has 0 spiro atoms. The van der Waals surface area contributed by atoms with Gasteiger partial charge in [0.15, 0.2) is 0 Å². The summed E-state index contributed by atoms with van der Waals surface area (Å²) in [6, 6.07) is 0.0143. The van der Waals surface area contributed by atoms with Crippen molar-refractivity contribution in [3.63, 3.8) is 0 Å². The van der Waals surface area contributed by atoms with Crippen LogP contribution in [0.25, 0.3) is 0 Å². The highest BCUT2D eigenvalue weighted by atomic mass is 19.4. The molecule has 0 radical (unpaired) electrons. The average Bonchev–Trinajstić information content (AvgIpc) is 2.24. The van der Waals surface area contributed by atoms with Crippen LogP contribution in [-0.2, 0) is 9.53 Å². The van der Waals surface area contributed by atoms with E-state index in [1.165, 1.54) is 4.90 Å². The summed E-state index contributed by atoms with van der Waals surface area (Å²) in [5.74, 6) is -0.451. The van der Waals surface area contributed by atoms with E-state index in [4.69, 9.17) is 4.74 Å². The van der Waals surface area contributed by atoms with E-state index in [0.717, 1.165) is 0 Å². The molecule has 1 unspecified atom stereocenters. The summed E-state index contributed by atoms with van der Waals surface area (Å²) in [6.07, 6.45) is -5.09. The summed E-state index contributed by atoms with van der Waals surface area (Å²) < 4.78 is 41.6. The minimum absolute atomic E-state index is 0.0143. The molecule has 0 bridgehead atoms. The maximum atomic E-state index is 12.2. The van der Waals surface area contributed by atoms with E-state index in [9.17, 15) is 18.0 Å². The van der Waals surface area contributed by atoms with Crippen LogP contribution in [0.5, 0.6) is 0 Å². The van der Waals surface area contributed by atoms with Crippen LogP contribution in [0, 0.1) is 0 Å². The molecular weight excluding hydrogens is 273 g/mol. The van der Waals surface area contributed by atoms with E-state index >= 15 is 0 Å². The Kier molecular flexibility index (Phi) is 7.51. The number of nitrogens with one attached hydrogen (secondary N) is 1. The van der Waals surface area contributed by atoms with E-state index in [2.05, 4.69) is 5.32 Å². The fourth-order valence-corrected chi connectivity index (χ4v) is 2.03. The summed E-state index contributed by atoms with van der Waals surface area (Å²) in [6.45, 7) is 7.31. The van der Waals surface area contributed by atoms with Crippen molar-refractivity contribution in [2.24, 2.45) is 0 Å². The Balaban J connectivity index is 4.67. The molecular formula is C13H25F3N2O2. The SMILES string of the molecule is CCOC(=O)C(C)(CN(C)CCC(F)(F)F)NC(C)C. The highest BCUT2D eigenvalue weighted by Gasteiger charge is 2.37. The van der Waals surface area contributed by atoms with Crippen LogP contribution in [0.1, 0.15) is 34.1 Å². The van der Waals surface area contributed by atoms with Crippen LogP contribution in [-0.4, -0.2) is 55.4 Å². The number of alkyl halides is 3. The second-order valence-electron chi connectivity index (χ2n) is 5.45. The first-order valence-corrected chi connectivity index (χ1v) is 6.70. The molecule has 0 aliphatic heterocycles. The molecule has 120 valence electrons. The maximum absolute atomic E-state index is 12.2. The summed E-state index contributed by atoms with van der Waals surface area (Å²) in [7, 11) is 1.56. The van der Waals surface area contributed by atoms with Gasteiger partial charge in [0, 0.05) is 19.1 Å². The van der Waals surface area contributed by atoms with Gasteiger partial charge in [-0.1, -0.05) is 0 Å². The van der Waals surface area contributed by atoms with Crippen LogP contribution >= 0.6 is 0 Å². The first-order chi connectivity index (χ1) is 9.00. The number of rotatable bonds is 8. The fourth-order valence-electron chi connectivity index (χ4n) is 2.03. The maximum Gasteiger partial charge on any atom is 0.390 e. The minimum Gasteiger partial charge on any atom is -0.465 e.